The monoisotopic (exact) mass is 441 g/mol. The average Bonchev–Trinajstić information content (AvgIpc) is 2.71. The second-order valence-corrected chi connectivity index (χ2v) is 7.12. The van der Waals surface area contributed by atoms with E-state index in [-0.39, 0.29) is 11.9 Å². The van der Waals surface area contributed by atoms with Crippen molar-refractivity contribution in [1.82, 2.24) is 5.32 Å². The van der Waals surface area contributed by atoms with Gasteiger partial charge in [0.1, 0.15) is 5.75 Å². The molecule has 0 aliphatic rings. The van der Waals surface area contributed by atoms with E-state index in [0.29, 0.717) is 52.5 Å². The lowest BCUT2D eigenvalue weighted by molar-refractivity contribution is -0.121. The number of methoxy groups -OCH3 is 3. The van der Waals surface area contributed by atoms with Crippen molar-refractivity contribution < 1.29 is 23.7 Å². The Kier molecular flexibility index (Phi) is 8.73. The molecule has 6 nitrogen and oxygen atoms in total. The number of hydrogen-bond donors (Lipinski definition) is 1. The Morgan fingerprint density at radius 3 is 2.21 bits per heavy atom. The lowest BCUT2D eigenvalue weighted by Crippen LogP contribution is -2.26. The van der Waals surface area contributed by atoms with Crippen LogP contribution in [0.2, 0.25) is 10.0 Å². The summed E-state index contributed by atoms with van der Waals surface area (Å²) in [6.45, 7) is 2.26. The maximum Gasteiger partial charge on any atom is 0.220 e. The molecule has 0 heterocycles. The van der Waals surface area contributed by atoms with Gasteiger partial charge in [0.15, 0.2) is 11.5 Å². The third-order valence-corrected chi connectivity index (χ3v) is 4.79. The van der Waals surface area contributed by atoms with E-state index in [1.165, 1.54) is 0 Å². The maximum absolute atomic E-state index is 12.3. The number of hydrogen-bond acceptors (Lipinski definition) is 5. The Hall–Kier alpha value is -2.31. The van der Waals surface area contributed by atoms with E-state index in [0.717, 1.165) is 5.56 Å². The molecule has 1 amide bonds. The topological polar surface area (TPSA) is 66.0 Å². The minimum Gasteiger partial charge on any atom is -0.493 e. The molecule has 0 aromatic heterocycles. The number of carbonyl (C=O) groups excluding carboxylic acids is 1. The molecule has 29 heavy (non-hydrogen) atoms. The molecule has 0 radical (unpaired) electrons. The molecule has 0 aliphatic carbocycles. The van der Waals surface area contributed by atoms with Crippen LogP contribution in [-0.4, -0.2) is 33.8 Å². The van der Waals surface area contributed by atoms with E-state index in [1.54, 1.807) is 39.5 Å². The number of halogens is 2. The van der Waals surface area contributed by atoms with Crippen LogP contribution in [0.25, 0.3) is 0 Å². The SMILES string of the molecule is COc1cc(C(C)NC(=O)CCCOc2ccc(Cl)cc2Cl)cc(OC)c1OC. The lowest BCUT2D eigenvalue weighted by atomic mass is 10.1. The van der Waals surface area contributed by atoms with Gasteiger partial charge in [-0.15, -0.1) is 0 Å². The summed E-state index contributed by atoms with van der Waals surface area (Å²) >= 11 is 11.9. The van der Waals surface area contributed by atoms with Crippen LogP contribution in [0.1, 0.15) is 31.4 Å². The molecule has 0 saturated heterocycles. The van der Waals surface area contributed by atoms with Crippen molar-refractivity contribution in [1.29, 1.82) is 0 Å². The van der Waals surface area contributed by atoms with Crippen molar-refractivity contribution in [2.24, 2.45) is 0 Å². The molecule has 0 saturated carbocycles. The Bertz CT molecular complexity index is 819. The van der Waals surface area contributed by atoms with Crippen LogP contribution in [0.5, 0.6) is 23.0 Å². The quantitative estimate of drug-likeness (QED) is 0.522. The first-order chi connectivity index (χ1) is 13.9. The van der Waals surface area contributed by atoms with Gasteiger partial charge in [-0.1, -0.05) is 23.2 Å². The minimum atomic E-state index is -0.233. The molecule has 0 spiro atoms. The lowest BCUT2D eigenvalue weighted by Gasteiger charge is -2.19. The highest BCUT2D eigenvalue weighted by atomic mass is 35.5. The van der Waals surface area contributed by atoms with E-state index >= 15 is 0 Å². The molecular weight excluding hydrogens is 417 g/mol. The summed E-state index contributed by atoms with van der Waals surface area (Å²) in [5.74, 6) is 2.04. The number of carbonyl (C=O) groups is 1. The Labute approximate surface area is 181 Å². The van der Waals surface area contributed by atoms with E-state index in [2.05, 4.69) is 5.32 Å². The minimum absolute atomic E-state index is 0.0861. The Morgan fingerprint density at radius 2 is 1.66 bits per heavy atom. The van der Waals surface area contributed by atoms with Gasteiger partial charge in [-0.25, -0.2) is 0 Å². The third kappa shape index (κ3) is 6.34. The summed E-state index contributed by atoms with van der Waals surface area (Å²) in [5.41, 5.74) is 0.844. The van der Waals surface area contributed by atoms with Gasteiger partial charge in [-0.2, -0.15) is 0 Å². The van der Waals surface area contributed by atoms with Crippen LogP contribution in [0, 0.1) is 0 Å². The molecule has 0 bridgehead atoms. The number of nitrogens with one attached hydrogen (secondary N) is 1. The van der Waals surface area contributed by atoms with Gasteiger partial charge in [-0.3, -0.25) is 4.79 Å². The van der Waals surface area contributed by atoms with Crippen molar-refractivity contribution in [3.63, 3.8) is 0 Å². The first-order valence-electron chi connectivity index (χ1n) is 9.06. The van der Waals surface area contributed by atoms with E-state index in [4.69, 9.17) is 42.1 Å². The largest absolute Gasteiger partial charge is 0.493 e. The first-order valence-corrected chi connectivity index (χ1v) is 9.82. The molecule has 1 atom stereocenters. The third-order valence-electron chi connectivity index (χ3n) is 4.26. The number of benzene rings is 2. The molecule has 1 unspecified atom stereocenters. The van der Waals surface area contributed by atoms with Crippen LogP contribution < -0.4 is 24.3 Å². The zero-order valence-electron chi connectivity index (χ0n) is 16.9. The number of ether oxygens (including phenoxy) is 4. The van der Waals surface area contributed by atoms with Gasteiger partial charge in [0.25, 0.3) is 0 Å². The van der Waals surface area contributed by atoms with Crippen LogP contribution in [0.15, 0.2) is 30.3 Å². The van der Waals surface area contributed by atoms with Crippen LogP contribution >= 0.6 is 23.2 Å². The second-order valence-electron chi connectivity index (χ2n) is 6.27. The van der Waals surface area contributed by atoms with E-state index in [9.17, 15) is 4.79 Å². The zero-order chi connectivity index (χ0) is 21.4. The Morgan fingerprint density at radius 1 is 1.00 bits per heavy atom. The summed E-state index contributed by atoms with van der Waals surface area (Å²) < 4.78 is 21.6. The molecule has 8 heteroatoms. The number of rotatable bonds is 10. The summed E-state index contributed by atoms with van der Waals surface area (Å²) in [4.78, 5) is 12.3. The van der Waals surface area contributed by atoms with Gasteiger partial charge in [-0.05, 0) is 49.2 Å². The molecule has 0 aliphatic heterocycles. The normalized spacial score (nSPS) is 11.5. The predicted octanol–water partition coefficient (Wildman–Crippen LogP) is 5.06. The van der Waals surface area contributed by atoms with Gasteiger partial charge >= 0.3 is 0 Å². The molecule has 0 fully saturated rings. The molecular formula is C21H25Cl2NO5. The van der Waals surface area contributed by atoms with Crippen LogP contribution in [0.3, 0.4) is 0 Å². The van der Waals surface area contributed by atoms with Crippen molar-refractivity contribution in [2.45, 2.75) is 25.8 Å². The van der Waals surface area contributed by atoms with Crippen molar-refractivity contribution in [3.05, 3.63) is 45.9 Å². The van der Waals surface area contributed by atoms with E-state index in [1.807, 2.05) is 19.1 Å². The predicted molar refractivity (Wildman–Crippen MR) is 114 cm³/mol. The fourth-order valence-electron chi connectivity index (χ4n) is 2.76. The molecule has 2 aromatic rings. The van der Waals surface area contributed by atoms with Crippen molar-refractivity contribution in [3.8, 4) is 23.0 Å². The summed E-state index contributed by atoms with van der Waals surface area (Å²) in [7, 11) is 4.65. The summed E-state index contributed by atoms with van der Waals surface area (Å²) in [5, 5.41) is 3.95. The highest BCUT2D eigenvalue weighted by Crippen LogP contribution is 2.39. The standard InChI is InChI=1S/C21H25Cl2NO5/c1-13(14-10-18(26-2)21(28-4)19(11-14)27-3)24-20(25)6-5-9-29-17-8-7-15(22)12-16(17)23/h7-8,10-13H,5-6,9H2,1-4H3,(H,24,25). The first kappa shape index (κ1) is 23.0. The van der Waals surface area contributed by atoms with Crippen molar-refractivity contribution in [2.75, 3.05) is 27.9 Å². The van der Waals surface area contributed by atoms with Crippen LogP contribution in [0.4, 0.5) is 0 Å². The van der Waals surface area contributed by atoms with E-state index < -0.39 is 0 Å². The van der Waals surface area contributed by atoms with Crippen LogP contribution in [-0.2, 0) is 4.79 Å². The average molecular weight is 442 g/mol. The fourth-order valence-corrected chi connectivity index (χ4v) is 3.22. The van der Waals surface area contributed by atoms with Gasteiger partial charge in [0.05, 0.1) is 39.0 Å². The summed E-state index contributed by atoms with van der Waals surface area (Å²) in [6, 6.07) is 8.43. The smallest absolute Gasteiger partial charge is 0.220 e. The molecule has 2 aromatic carbocycles. The van der Waals surface area contributed by atoms with Gasteiger partial charge in [0, 0.05) is 11.4 Å². The summed E-state index contributed by atoms with van der Waals surface area (Å²) in [6.07, 6.45) is 0.868. The fraction of sp³-hybridized carbons (Fsp3) is 0.381. The second kappa shape index (κ2) is 11.0. The molecule has 1 N–H and O–H groups in total. The molecule has 158 valence electrons. The Balaban J connectivity index is 1.88. The van der Waals surface area contributed by atoms with Gasteiger partial charge < -0.3 is 24.3 Å². The molecule has 2 rings (SSSR count). The van der Waals surface area contributed by atoms with Crippen molar-refractivity contribution >= 4 is 29.1 Å². The van der Waals surface area contributed by atoms with Gasteiger partial charge in [0.2, 0.25) is 11.7 Å². The zero-order valence-corrected chi connectivity index (χ0v) is 18.4. The maximum atomic E-state index is 12.3. The number of amides is 1. The highest BCUT2D eigenvalue weighted by Gasteiger charge is 2.17. The highest BCUT2D eigenvalue weighted by molar-refractivity contribution is 6.35.